The highest BCUT2D eigenvalue weighted by Gasteiger charge is 2.26. The van der Waals surface area contributed by atoms with Crippen molar-refractivity contribution >= 4 is 17.6 Å². The van der Waals surface area contributed by atoms with E-state index in [4.69, 9.17) is 9.47 Å². The van der Waals surface area contributed by atoms with Crippen molar-refractivity contribution in [3.05, 3.63) is 24.3 Å². The minimum absolute atomic E-state index is 0.147. The second-order valence-corrected chi connectivity index (χ2v) is 5.07. The van der Waals surface area contributed by atoms with Gasteiger partial charge in [0.25, 0.3) is 0 Å². The number of nitrogens with zero attached hydrogens (tertiary/aromatic N) is 1. The summed E-state index contributed by atoms with van der Waals surface area (Å²) in [7, 11) is 0. The molecule has 0 N–H and O–H groups in total. The van der Waals surface area contributed by atoms with Crippen LogP contribution in [0.4, 0.5) is 5.69 Å². The van der Waals surface area contributed by atoms with E-state index in [1.54, 1.807) is 29.2 Å². The highest BCUT2D eigenvalue weighted by atomic mass is 16.6. The Morgan fingerprint density at radius 3 is 2.65 bits per heavy atom. The number of rotatable bonds is 3. The van der Waals surface area contributed by atoms with E-state index in [0.29, 0.717) is 18.8 Å². The lowest BCUT2D eigenvalue weighted by molar-refractivity contribution is -0.144. The van der Waals surface area contributed by atoms with E-state index in [9.17, 15) is 9.59 Å². The minimum Gasteiger partial charge on any atom is -0.425 e. The van der Waals surface area contributed by atoms with Crippen LogP contribution in [0.2, 0.25) is 0 Å². The first-order valence-corrected chi connectivity index (χ1v) is 6.98. The van der Waals surface area contributed by atoms with E-state index < -0.39 is 6.10 Å². The van der Waals surface area contributed by atoms with Gasteiger partial charge in [-0.1, -0.05) is 0 Å². The second-order valence-electron chi connectivity index (χ2n) is 5.07. The van der Waals surface area contributed by atoms with Crippen LogP contribution >= 0.6 is 0 Å². The first-order valence-electron chi connectivity index (χ1n) is 6.98. The lowest BCUT2D eigenvalue weighted by Gasteiger charge is -2.16. The molecule has 0 bridgehead atoms. The molecule has 20 heavy (non-hydrogen) atoms. The molecule has 1 atom stereocenters. The molecule has 0 spiro atoms. The Hall–Kier alpha value is -1.88. The minimum atomic E-state index is -0.435. The van der Waals surface area contributed by atoms with Crippen LogP contribution < -0.4 is 9.64 Å². The van der Waals surface area contributed by atoms with Gasteiger partial charge in [-0.05, 0) is 43.5 Å². The molecule has 2 heterocycles. The summed E-state index contributed by atoms with van der Waals surface area (Å²) in [4.78, 5) is 25.2. The van der Waals surface area contributed by atoms with E-state index in [2.05, 4.69) is 0 Å². The van der Waals surface area contributed by atoms with Gasteiger partial charge in [0.05, 0.1) is 0 Å². The molecule has 2 aliphatic heterocycles. The number of hydrogen-bond acceptors (Lipinski definition) is 4. The van der Waals surface area contributed by atoms with Gasteiger partial charge in [0, 0.05) is 25.3 Å². The van der Waals surface area contributed by atoms with Crippen LogP contribution in [0, 0.1) is 0 Å². The second kappa shape index (κ2) is 5.63. The number of benzene rings is 1. The predicted molar refractivity (Wildman–Crippen MR) is 72.6 cm³/mol. The zero-order valence-corrected chi connectivity index (χ0v) is 11.2. The number of esters is 1. The van der Waals surface area contributed by atoms with Gasteiger partial charge in [0.15, 0.2) is 6.10 Å². The van der Waals surface area contributed by atoms with Crippen LogP contribution in [0.25, 0.3) is 0 Å². The summed E-state index contributed by atoms with van der Waals surface area (Å²) in [6.45, 7) is 1.38. The molecule has 1 amide bonds. The molecule has 106 valence electrons. The zero-order valence-electron chi connectivity index (χ0n) is 11.2. The molecule has 5 nitrogen and oxygen atoms in total. The summed E-state index contributed by atoms with van der Waals surface area (Å²) in [6, 6.07) is 7.05. The molecule has 0 aliphatic carbocycles. The molecule has 0 saturated carbocycles. The fraction of sp³-hybridized carbons (Fsp3) is 0.467. The fourth-order valence-electron chi connectivity index (χ4n) is 2.56. The first-order chi connectivity index (χ1) is 9.74. The van der Waals surface area contributed by atoms with Crippen LogP contribution in [0.15, 0.2) is 24.3 Å². The molecule has 1 aromatic carbocycles. The van der Waals surface area contributed by atoms with Crippen LogP contribution in [0.1, 0.15) is 25.7 Å². The van der Waals surface area contributed by atoms with Gasteiger partial charge in [0.1, 0.15) is 5.75 Å². The lowest BCUT2D eigenvalue weighted by Crippen LogP contribution is -2.25. The van der Waals surface area contributed by atoms with E-state index in [0.717, 1.165) is 31.5 Å². The van der Waals surface area contributed by atoms with Crippen molar-refractivity contribution in [2.24, 2.45) is 0 Å². The van der Waals surface area contributed by atoms with E-state index >= 15 is 0 Å². The summed E-state index contributed by atoms with van der Waals surface area (Å²) < 4.78 is 10.6. The van der Waals surface area contributed by atoms with Crippen molar-refractivity contribution in [1.29, 1.82) is 0 Å². The number of ether oxygens (including phenoxy) is 2. The topological polar surface area (TPSA) is 55.8 Å². The monoisotopic (exact) mass is 275 g/mol. The fourth-order valence-corrected chi connectivity index (χ4v) is 2.56. The third-order valence-electron chi connectivity index (χ3n) is 3.63. The number of anilines is 1. The SMILES string of the molecule is O=C(Oc1ccc(N2CCCC2=O)cc1)C1CCCO1. The maximum atomic E-state index is 11.8. The molecule has 0 radical (unpaired) electrons. The number of carbonyl (C=O) groups excluding carboxylic acids is 2. The van der Waals surface area contributed by atoms with Crippen LogP contribution in [-0.4, -0.2) is 31.1 Å². The van der Waals surface area contributed by atoms with E-state index in [1.165, 1.54) is 0 Å². The van der Waals surface area contributed by atoms with Crippen LogP contribution in [-0.2, 0) is 14.3 Å². The Labute approximate surface area is 117 Å². The van der Waals surface area contributed by atoms with E-state index in [-0.39, 0.29) is 11.9 Å². The summed E-state index contributed by atoms with van der Waals surface area (Å²) in [6.07, 6.45) is 2.69. The number of carbonyl (C=O) groups is 2. The van der Waals surface area contributed by atoms with Gasteiger partial charge in [-0.15, -0.1) is 0 Å². The highest BCUT2D eigenvalue weighted by Crippen LogP contribution is 2.24. The molecule has 2 aliphatic rings. The van der Waals surface area contributed by atoms with Gasteiger partial charge in [-0.25, -0.2) is 4.79 Å². The standard InChI is InChI=1S/C15H17NO4/c17-14-4-1-9-16(14)11-5-7-12(8-6-11)20-15(18)13-3-2-10-19-13/h5-8,13H,1-4,9-10H2. The average molecular weight is 275 g/mol. The first kappa shape index (κ1) is 13.1. The Kier molecular flexibility index (Phi) is 3.69. The predicted octanol–water partition coefficient (Wildman–Crippen LogP) is 1.90. The highest BCUT2D eigenvalue weighted by molar-refractivity contribution is 5.95. The van der Waals surface area contributed by atoms with Gasteiger partial charge >= 0.3 is 5.97 Å². The number of hydrogen-bond donors (Lipinski definition) is 0. The normalized spacial score (nSPS) is 22.3. The van der Waals surface area contributed by atoms with Crippen LogP contribution in [0.3, 0.4) is 0 Å². The van der Waals surface area contributed by atoms with Crippen molar-refractivity contribution in [3.63, 3.8) is 0 Å². The molecule has 3 rings (SSSR count). The van der Waals surface area contributed by atoms with Crippen molar-refractivity contribution in [2.45, 2.75) is 31.8 Å². The summed E-state index contributed by atoms with van der Waals surface area (Å²) in [5.74, 6) is 0.294. The average Bonchev–Trinajstić information content (AvgIpc) is 3.11. The Bertz CT molecular complexity index is 505. The quantitative estimate of drug-likeness (QED) is 0.624. The third kappa shape index (κ3) is 2.67. The third-order valence-corrected chi connectivity index (χ3v) is 3.63. The van der Waals surface area contributed by atoms with Crippen molar-refractivity contribution in [1.82, 2.24) is 0 Å². The lowest BCUT2D eigenvalue weighted by atomic mass is 10.2. The Morgan fingerprint density at radius 1 is 1.25 bits per heavy atom. The molecule has 1 unspecified atom stereocenters. The maximum absolute atomic E-state index is 11.8. The summed E-state index contributed by atoms with van der Waals surface area (Å²) in [5, 5.41) is 0. The van der Waals surface area contributed by atoms with Crippen molar-refractivity contribution in [2.75, 3.05) is 18.1 Å². The molecule has 1 aromatic rings. The van der Waals surface area contributed by atoms with Crippen molar-refractivity contribution in [3.8, 4) is 5.75 Å². The van der Waals surface area contributed by atoms with Crippen molar-refractivity contribution < 1.29 is 19.1 Å². The van der Waals surface area contributed by atoms with Gasteiger partial charge < -0.3 is 14.4 Å². The molecule has 5 heteroatoms. The van der Waals surface area contributed by atoms with Gasteiger partial charge in [-0.3, -0.25) is 4.79 Å². The zero-order chi connectivity index (χ0) is 13.9. The Morgan fingerprint density at radius 2 is 2.05 bits per heavy atom. The summed E-state index contributed by atoms with van der Waals surface area (Å²) >= 11 is 0. The Balaban J connectivity index is 1.63. The molecule has 2 fully saturated rings. The molecular formula is C15H17NO4. The maximum Gasteiger partial charge on any atom is 0.340 e. The molecule has 2 saturated heterocycles. The van der Waals surface area contributed by atoms with Gasteiger partial charge in [-0.2, -0.15) is 0 Å². The van der Waals surface area contributed by atoms with E-state index in [1.807, 2.05) is 0 Å². The molecular weight excluding hydrogens is 258 g/mol. The molecule has 0 aromatic heterocycles. The summed E-state index contributed by atoms with van der Waals surface area (Å²) in [5.41, 5.74) is 0.851. The largest absolute Gasteiger partial charge is 0.425 e. The van der Waals surface area contributed by atoms with Crippen LogP contribution in [0.5, 0.6) is 5.75 Å². The van der Waals surface area contributed by atoms with Gasteiger partial charge in [0.2, 0.25) is 5.91 Å². The smallest absolute Gasteiger partial charge is 0.340 e. The number of amides is 1.